The first-order valence-corrected chi connectivity index (χ1v) is 7.19. The molecule has 3 N–H and O–H groups in total. The predicted octanol–water partition coefficient (Wildman–Crippen LogP) is 3.52. The molecule has 0 bridgehead atoms. The lowest BCUT2D eigenvalue weighted by Crippen LogP contribution is -2.19. The van der Waals surface area contributed by atoms with E-state index in [-0.39, 0.29) is 0 Å². The maximum atomic E-state index is 13.3. The van der Waals surface area contributed by atoms with Crippen molar-refractivity contribution in [3.05, 3.63) is 41.9 Å². The van der Waals surface area contributed by atoms with E-state index >= 15 is 0 Å². The Balaban J connectivity index is 2.11. The standard InChI is InChI=1S/C16H21F2N3/c1-10(2)5-11(8-19)6-16-20-9-15(21-16)12-3-4-13(17)14(18)7-12/h3-4,7,9-11H,5-6,8,19H2,1-2H3,(H,20,21). The summed E-state index contributed by atoms with van der Waals surface area (Å²) in [6.07, 6.45) is 3.45. The Labute approximate surface area is 123 Å². The number of aromatic nitrogens is 2. The van der Waals surface area contributed by atoms with E-state index in [1.807, 2.05) is 0 Å². The first kappa shape index (κ1) is 15.6. The lowest BCUT2D eigenvalue weighted by atomic mass is 9.94. The third kappa shape index (κ3) is 4.11. The van der Waals surface area contributed by atoms with Gasteiger partial charge in [-0.2, -0.15) is 0 Å². The number of halogens is 2. The van der Waals surface area contributed by atoms with E-state index in [0.29, 0.717) is 29.6 Å². The Morgan fingerprint density at radius 1 is 1.24 bits per heavy atom. The molecule has 5 heteroatoms. The van der Waals surface area contributed by atoms with E-state index in [2.05, 4.69) is 23.8 Å². The van der Waals surface area contributed by atoms with Gasteiger partial charge >= 0.3 is 0 Å². The summed E-state index contributed by atoms with van der Waals surface area (Å²) in [5.74, 6) is 0.0703. The largest absolute Gasteiger partial charge is 0.342 e. The van der Waals surface area contributed by atoms with Crippen LogP contribution in [0.5, 0.6) is 0 Å². The molecular formula is C16H21F2N3. The van der Waals surface area contributed by atoms with E-state index in [1.165, 1.54) is 12.1 Å². The Morgan fingerprint density at radius 3 is 2.62 bits per heavy atom. The van der Waals surface area contributed by atoms with Gasteiger partial charge in [0.05, 0.1) is 11.9 Å². The lowest BCUT2D eigenvalue weighted by molar-refractivity contribution is 0.409. The summed E-state index contributed by atoms with van der Waals surface area (Å²) in [5, 5.41) is 0. The van der Waals surface area contributed by atoms with Gasteiger partial charge in [0.1, 0.15) is 5.82 Å². The van der Waals surface area contributed by atoms with Crippen molar-refractivity contribution >= 4 is 0 Å². The van der Waals surface area contributed by atoms with Gasteiger partial charge in [-0.25, -0.2) is 13.8 Å². The molecule has 0 aliphatic heterocycles. The summed E-state index contributed by atoms with van der Waals surface area (Å²) >= 11 is 0. The average molecular weight is 293 g/mol. The predicted molar refractivity (Wildman–Crippen MR) is 79.6 cm³/mol. The Hall–Kier alpha value is -1.75. The van der Waals surface area contributed by atoms with E-state index in [0.717, 1.165) is 24.7 Å². The number of hydrogen-bond donors (Lipinski definition) is 2. The molecule has 0 aliphatic rings. The van der Waals surface area contributed by atoms with Crippen LogP contribution >= 0.6 is 0 Å². The smallest absolute Gasteiger partial charge is 0.159 e. The third-order valence-electron chi connectivity index (χ3n) is 3.48. The second-order valence-corrected chi connectivity index (χ2v) is 5.81. The first-order valence-electron chi connectivity index (χ1n) is 7.19. The number of nitrogens with zero attached hydrogens (tertiary/aromatic N) is 1. The monoisotopic (exact) mass is 293 g/mol. The molecule has 0 amide bonds. The lowest BCUT2D eigenvalue weighted by Gasteiger charge is -2.15. The van der Waals surface area contributed by atoms with Crippen molar-refractivity contribution in [2.45, 2.75) is 26.7 Å². The van der Waals surface area contributed by atoms with Crippen LogP contribution in [0.2, 0.25) is 0 Å². The minimum Gasteiger partial charge on any atom is -0.342 e. The first-order chi connectivity index (χ1) is 9.99. The zero-order valence-corrected chi connectivity index (χ0v) is 12.4. The fourth-order valence-electron chi connectivity index (χ4n) is 2.48. The van der Waals surface area contributed by atoms with Crippen molar-refractivity contribution in [1.82, 2.24) is 9.97 Å². The second-order valence-electron chi connectivity index (χ2n) is 5.81. The third-order valence-corrected chi connectivity index (χ3v) is 3.48. The van der Waals surface area contributed by atoms with Crippen LogP contribution in [0.3, 0.4) is 0 Å². The number of nitrogens with two attached hydrogens (primary N) is 1. The molecule has 1 unspecified atom stereocenters. The number of H-pyrrole nitrogens is 1. The Bertz CT molecular complexity index is 593. The highest BCUT2D eigenvalue weighted by Gasteiger charge is 2.13. The molecule has 1 heterocycles. The molecule has 2 rings (SSSR count). The van der Waals surface area contributed by atoms with E-state index in [4.69, 9.17) is 5.73 Å². The average Bonchev–Trinajstić information content (AvgIpc) is 2.89. The molecule has 0 spiro atoms. The summed E-state index contributed by atoms with van der Waals surface area (Å²) in [4.78, 5) is 7.47. The minimum absolute atomic E-state index is 0.369. The number of nitrogens with one attached hydrogen (secondary N) is 1. The molecule has 21 heavy (non-hydrogen) atoms. The van der Waals surface area contributed by atoms with Crippen LogP contribution < -0.4 is 5.73 Å². The van der Waals surface area contributed by atoms with Gasteiger partial charge in [-0.05, 0) is 43.0 Å². The van der Waals surface area contributed by atoms with Crippen molar-refractivity contribution in [2.24, 2.45) is 17.6 Å². The van der Waals surface area contributed by atoms with Gasteiger partial charge in [-0.3, -0.25) is 0 Å². The highest BCUT2D eigenvalue weighted by atomic mass is 19.2. The molecule has 1 aromatic carbocycles. The van der Waals surface area contributed by atoms with Crippen molar-refractivity contribution in [1.29, 1.82) is 0 Å². The van der Waals surface area contributed by atoms with Crippen molar-refractivity contribution in [3.8, 4) is 11.3 Å². The second kappa shape index (κ2) is 6.80. The summed E-state index contributed by atoms with van der Waals surface area (Å²) in [7, 11) is 0. The molecule has 0 aliphatic carbocycles. The molecule has 1 aromatic heterocycles. The number of imidazole rings is 1. The van der Waals surface area contributed by atoms with Gasteiger partial charge in [0, 0.05) is 12.0 Å². The maximum absolute atomic E-state index is 13.3. The molecule has 0 saturated carbocycles. The summed E-state index contributed by atoms with van der Waals surface area (Å²) in [5.41, 5.74) is 7.06. The van der Waals surface area contributed by atoms with Crippen LogP contribution in [-0.2, 0) is 6.42 Å². The zero-order chi connectivity index (χ0) is 15.4. The molecule has 114 valence electrons. The normalized spacial score (nSPS) is 12.9. The summed E-state index contributed by atoms with van der Waals surface area (Å²) in [6, 6.07) is 3.82. The fourth-order valence-corrected chi connectivity index (χ4v) is 2.48. The topological polar surface area (TPSA) is 54.7 Å². The van der Waals surface area contributed by atoms with Crippen molar-refractivity contribution in [3.63, 3.8) is 0 Å². The van der Waals surface area contributed by atoms with Gasteiger partial charge in [-0.15, -0.1) is 0 Å². The maximum Gasteiger partial charge on any atom is 0.159 e. The van der Waals surface area contributed by atoms with Crippen LogP contribution in [-0.4, -0.2) is 16.5 Å². The van der Waals surface area contributed by atoms with Gasteiger partial charge in [-0.1, -0.05) is 13.8 Å². The SMILES string of the molecule is CC(C)CC(CN)Cc1ncc(-c2ccc(F)c(F)c2)[nH]1. The van der Waals surface area contributed by atoms with Crippen LogP contribution in [0.25, 0.3) is 11.3 Å². The van der Waals surface area contributed by atoms with Crippen LogP contribution in [0.1, 0.15) is 26.1 Å². The molecule has 0 fully saturated rings. The number of benzene rings is 1. The molecule has 2 aromatic rings. The van der Waals surface area contributed by atoms with E-state index in [1.54, 1.807) is 6.20 Å². The number of rotatable bonds is 6. The highest BCUT2D eigenvalue weighted by Crippen LogP contribution is 2.21. The highest BCUT2D eigenvalue weighted by molar-refractivity contribution is 5.58. The zero-order valence-electron chi connectivity index (χ0n) is 12.4. The quantitative estimate of drug-likeness (QED) is 0.856. The van der Waals surface area contributed by atoms with Gasteiger partial charge < -0.3 is 10.7 Å². The minimum atomic E-state index is -0.858. The van der Waals surface area contributed by atoms with Crippen molar-refractivity contribution < 1.29 is 8.78 Å². The van der Waals surface area contributed by atoms with Gasteiger partial charge in [0.2, 0.25) is 0 Å². The summed E-state index contributed by atoms with van der Waals surface area (Å²) < 4.78 is 26.2. The number of aromatic amines is 1. The van der Waals surface area contributed by atoms with Crippen LogP contribution in [0, 0.1) is 23.5 Å². The van der Waals surface area contributed by atoms with Gasteiger partial charge in [0.25, 0.3) is 0 Å². The molecule has 0 saturated heterocycles. The Morgan fingerprint density at radius 2 is 2.00 bits per heavy atom. The van der Waals surface area contributed by atoms with Gasteiger partial charge in [0.15, 0.2) is 11.6 Å². The van der Waals surface area contributed by atoms with E-state index < -0.39 is 11.6 Å². The fraction of sp³-hybridized carbons (Fsp3) is 0.438. The molecular weight excluding hydrogens is 272 g/mol. The van der Waals surface area contributed by atoms with Crippen molar-refractivity contribution in [2.75, 3.05) is 6.54 Å². The number of hydrogen-bond acceptors (Lipinski definition) is 2. The molecule has 1 atom stereocenters. The summed E-state index contributed by atoms with van der Waals surface area (Å²) in [6.45, 7) is 4.94. The molecule has 3 nitrogen and oxygen atoms in total. The Kier molecular flexibility index (Phi) is 5.07. The van der Waals surface area contributed by atoms with Crippen LogP contribution in [0.15, 0.2) is 24.4 Å². The van der Waals surface area contributed by atoms with E-state index in [9.17, 15) is 8.78 Å². The molecule has 0 radical (unpaired) electrons. The van der Waals surface area contributed by atoms with Crippen LogP contribution in [0.4, 0.5) is 8.78 Å².